The molecule has 0 bridgehead atoms. The maximum atomic E-state index is 13.6. The lowest BCUT2D eigenvalue weighted by atomic mass is 10.1. The van der Waals surface area contributed by atoms with Crippen LogP contribution in [0.5, 0.6) is 0 Å². The van der Waals surface area contributed by atoms with Crippen LogP contribution in [0, 0.1) is 11.7 Å². The Balaban J connectivity index is 2.97. The molecule has 0 spiro atoms. The lowest BCUT2D eigenvalue weighted by Crippen LogP contribution is -2.41. The van der Waals surface area contributed by atoms with Gasteiger partial charge in [0.15, 0.2) is 0 Å². The Labute approximate surface area is 118 Å². The van der Waals surface area contributed by atoms with Crippen molar-refractivity contribution < 1.29 is 12.8 Å². The number of halogens is 2. The van der Waals surface area contributed by atoms with Crippen LogP contribution in [0.2, 0.25) is 5.02 Å². The maximum Gasteiger partial charge on any atom is 0.243 e. The molecule has 7 heteroatoms. The zero-order valence-corrected chi connectivity index (χ0v) is 12.4. The third kappa shape index (κ3) is 4.72. The Bertz CT molecular complexity index is 535. The van der Waals surface area contributed by atoms with Gasteiger partial charge in [0, 0.05) is 17.6 Å². The average molecular weight is 309 g/mol. The zero-order chi connectivity index (χ0) is 14.6. The van der Waals surface area contributed by atoms with Crippen LogP contribution in [-0.4, -0.2) is 21.0 Å². The molecule has 1 aromatic carbocycles. The molecule has 19 heavy (non-hydrogen) atoms. The van der Waals surface area contributed by atoms with Gasteiger partial charge in [-0.2, -0.15) is 0 Å². The molecule has 0 heterocycles. The lowest BCUT2D eigenvalue weighted by molar-refractivity contribution is 0.463. The number of sulfonamides is 1. The van der Waals surface area contributed by atoms with E-state index < -0.39 is 26.8 Å². The summed E-state index contributed by atoms with van der Waals surface area (Å²) in [5.41, 5.74) is 5.53. The molecule has 1 atom stereocenters. The SMILES string of the molecule is CC(C)CC(CN)NS(=O)(=O)c1ccc(Cl)cc1F. The van der Waals surface area contributed by atoms with Crippen molar-refractivity contribution in [1.29, 1.82) is 0 Å². The summed E-state index contributed by atoms with van der Waals surface area (Å²) in [5, 5.41) is 0.147. The minimum Gasteiger partial charge on any atom is -0.329 e. The summed E-state index contributed by atoms with van der Waals surface area (Å²) in [7, 11) is -3.93. The van der Waals surface area contributed by atoms with E-state index in [9.17, 15) is 12.8 Å². The molecule has 0 aromatic heterocycles. The quantitative estimate of drug-likeness (QED) is 0.845. The van der Waals surface area contributed by atoms with Gasteiger partial charge in [0.2, 0.25) is 10.0 Å². The van der Waals surface area contributed by atoms with E-state index in [0.717, 1.165) is 12.1 Å². The van der Waals surface area contributed by atoms with Crippen molar-refractivity contribution in [2.75, 3.05) is 6.54 Å². The number of hydrogen-bond acceptors (Lipinski definition) is 3. The summed E-state index contributed by atoms with van der Waals surface area (Å²) in [6, 6.07) is 3.03. The van der Waals surface area contributed by atoms with Crippen molar-refractivity contribution in [1.82, 2.24) is 4.72 Å². The first kappa shape index (κ1) is 16.4. The summed E-state index contributed by atoms with van der Waals surface area (Å²) in [5.74, 6) is -0.591. The molecule has 0 saturated heterocycles. The predicted molar refractivity (Wildman–Crippen MR) is 74.0 cm³/mol. The minimum atomic E-state index is -3.93. The second kappa shape index (κ2) is 6.65. The van der Waals surface area contributed by atoms with Crippen molar-refractivity contribution in [3.05, 3.63) is 29.0 Å². The molecule has 108 valence electrons. The van der Waals surface area contributed by atoms with Gasteiger partial charge >= 0.3 is 0 Å². The standard InChI is InChI=1S/C12H18ClFN2O2S/c1-8(2)5-10(7-15)16-19(17,18)12-4-3-9(13)6-11(12)14/h3-4,6,8,10,16H,5,7,15H2,1-2H3. The fourth-order valence-electron chi connectivity index (χ4n) is 1.74. The van der Waals surface area contributed by atoms with Gasteiger partial charge < -0.3 is 5.73 Å². The number of nitrogens with one attached hydrogen (secondary N) is 1. The fraction of sp³-hybridized carbons (Fsp3) is 0.500. The first-order valence-electron chi connectivity index (χ1n) is 5.93. The molecule has 0 radical (unpaired) electrons. The second-order valence-electron chi connectivity index (χ2n) is 4.76. The van der Waals surface area contributed by atoms with E-state index in [1.807, 2.05) is 13.8 Å². The molecule has 1 unspecified atom stereocenters. The maximum absolute atomic E-state index is 13.6. The van der Waals surface area contributed by atoms with Crippen LogP contribution in [0.3, 0.4) is 0 Å². The predicted octanol–water partition coefficient (Wildman–Crippen LogP) is 2.13. The van der Waals surface area contributed by atoms with E-state index in [4.69, 9.17) is 17.3 Å². The monoisotopic (exact) mass is 308 g/mol. The van der Waals surface area contributed by atoms with E-state index >= 15 is 0 Å². The van der Waals surface area contributed by atoms with Crippen molar-refractivity contribution in [3.8, 4) is 0 Å². The van der Waals surface area contributed by atoms with Gasteiger partial charge in [-0.15, -0.1) is 0 Å². The second-order valence-corrected chi connectivity index (χ2v) is 6.88. The molecule has 0 aliphatic heterocycles. The molecule has 1 aromatic rings. The largest absolute Gasteiger partial charge is 0.329 e. The van der Waals surface area contributed by atoms with Gasteiger partial charge in [-0.25, -0.2) is 17.5 Å². The summed E-state index contributed by atoms with van der Waals surface area (Å²) in [4.78, 5) is -0.417. The van der Waals surface area contributed by atoms with Crippen molar-refractivity contribution in [2.24, 2.45) is 11.7 Å². The smallest absolute Gasteiger partial charge is 0.243 e. The first-order chi connectivity index (χ1) is 8.76. The fourth-order valence-corrected chi connectivity index (χ4v) is 3.22. The minimum absolute atomic E-state index is 0.147. The molecular weight excluding hydrogens is 291 g/mol. The number of nitrogens with two attached hydrogens (primary N) is 1. The summed E-state index contributed by atoms with van der Waals surface area (Å²) in [6.45, 7) is 4.08. The van der Waals surface area contributed by atoms with E-state index in [1.165, 1.54) is 6.07 Å². The van der Waals surface area contributed by atoms with Gasteiger partial charge in [0.1, 0.15) is 10.7 Å². The summed E-state index contributed by atoms with van der Waals surface area (Å²) in [6.07, 6.45) is 0.588. The third-order valence-electron chi connectivity index (χ3n) is 2.55. The topological polar surface area (TPSA) is 72.2 Å². The van der Waals surface area contributed by atoms with Gasteiger partial charge in [0.25, 0.3) is 0 Å². The van der Waals surface area contributed by atoms with Gasteiger partial charge in [-0.3, -0.25) is 0 Å². The molecule has 0 amide bonds. The van der Waals surface area contributed by atoms with Crippen LogP contribution in [0.15, 0.2) is 23.1 Å². The molecule has 0 fully saturated rings. The Kier molecular flexibility index (Phi) is 5.73. The lowest BCUT2D eigenvalue weighted by Gasteiger charge is -2.19. The highest BCUT2D eigenvalue weighted by Crippen LogP contribution is 2.19. The molecule has 0 aliphatic carbocycles. The zero-order valence-electron chi connectivity index (χ0n) is 10.9. The Morgan fingerprint density at radius 3 is 2.53 bits per heavy atom. The van der Waals surface area contributed by atoms with Crippen LogP contribution in [0.25, 0.3) is 0 Å². The van der Waals surface area contributed by atoms with Crippen LogP contribution < -0.4 is 10.5 Å². The van der Waals surface area contributed by atoms with Gasteiger partial charge in [-0.05, 0) is 30.5 Å². The highest BCUT2D eigenvalue weighted by Gasteiger charge is 2.23. The Hall–Kier alpha value is -0.690. The summed E-state index contributed by atoms with van der Waals surface area (Å²) >= 11 is 5.59. The molecule has 3 N–H and O–H groups in total. The van der Waals surface area contributed by atoms with Gasteiger partial charge in [-0.1, -0.05) is 25.4 Å². The van der Waals surface area contributed by atoms with E-state index in [-0.39, 0.29) is 17.5 Å². The van der Waals surface area contributed by atoms with E-state index in [0.29, 0.717) is 6.42 Å². The van der Waals surface area contributed by atoms with Gasteiger partial charge in [0.05, 0.1) is 0 Å². The van der Waals surface area contributed by atoms with E-state index in [1.54, 1.807) is 0 Å². The van der Waals surface area contributed by atoms with Crippen molar-refractivity contribution in [3.63, 3.8) is 0 Å². The first-order valence-corrected chi connectivity index (χ1v) is 7.80. The Morgan fingerprint density at radius 1 is 1.42 bits per heavy atom. The van der Waals surface area contributed by atoms with Crippen LogP contribution in [0.4, 0.5) is 4.39 Å². The summed E-state index contributed by atoms with van der Waals surface area (Å²) < 4.78 is 40.2. The highest BCUT2D eigenvalue weighted by atomic mass is 35.5. The van der Waals surface area contributed by atoms with Crippen LogP contribution >= 0.6 is 11.6 Å². The normalized spacial score (nSPS) is 13.8. The molecule has 0 saturated carbocycles. The molecule has 4 nitrogen and oxygen atoms in total. The molecule has 0 aliphatic rings. The van der Waals surface area contributed by atoms with Crippen molar-refractivity contribution in [2.45, 2.75) is 31.2 Å². The number of rotatable bonds is 6. The Morgan fingerprint density at radius 2 is 2.05 bits per heavy atom. The van der Waals surface area contributed by atoms with Crippen LogP contribution in [0.1, 0.15) is 20.3 Å². The molecular formula is C12H18ClFN2O2S. The van der Waals surface area contributed by atoms with Crippen LogP contribution in [-0.2, 0) is 10.0 Å². The highest BCUT2D eigenvalue weighted by molar-refractivity contribution is 7.89. The van der Waals surface area contributed by atoms with Crippen molar-refractivity contribution >= 4 is 21.6 Å². The third-order valence-corrected chi connectivity index (χ3v) is 4.33. The average Bonchev–Trinajstić information content (AvgIpc) is 2.26. The number of hydrogen-bond donors (Lipinski definition) is 2. The molecule has 1 rings (SSSR count). The number of benzene rings is 1. The van der Waals surface area contributed by atoms with E-state index in [2.05, 4.69) is 4.72 Å².